The fourth-order valence-electron chi connectivity index (χ4n) is 0.326. The molecule has 3 nitrogen and oxygen atoms in total. The van der Waals surface area contributed by atoms with Crippen LogP contribution in [-0.4, -0.2) is 6.04 Å². The van der Waals surface area contributed by atoms with Gasteiger partial charge in [-0.1, -0.05) is 6.58 Å². The minimum atomic E-state index is -0.336. The van der Waals surface area contributed by atoms with E-state index in [-0.39, 0.29) is 11.7 Å². The van der Waals surface area contributed by atoms with Crippen LogP contribution in [-0.2, 0) is 0 Å². The molecule has 0 aliphatic rings. The molecule has 0 saturated heterocycles. The summed E-state index contributed by atoms with van der Waals surface area (Å²) in [5.74, 6) is 0. The summed E-state index contributed by atoms with van der Waals surface area (Å²) in [6.07, 6.45) is 0. The van der Waals surface area contributed by atoms with E-state index in [2.05, 4.69) is 11.9 Å². The quantitative estimate of drug-likeness (QED) is 0.542. The maximum atomic E-state index is 8.22. The number of rotatable bonds is 2. The molecule has 0 radical (unpaired) electrons. The lowest BCUT2D eigenvalue weighted by atomic mass is 10.3. The fourth-order valence-corrected chi connectivity index (χ4v) is 0.326. The van der Waals surface area contributed by atoms with Crippen molar-refractivity contribution in [2.75, 3.05) is 0 Å². The third-order valence-electron chi connectivity index (χ3n) is 0.719. The van der Waals surface area contributed by atoms with Crippen molar-refractivity contribution >= 4 is 0 Å². The molecule has 1 N–H and O–H groups in total. The largest absolute Gasteiger partial charge is 0.362 e. The molecule has 0 aromatic heterocycles. The molecule has 0 aliphatic heterocycles. The second-order valence-electron chi connectivity index (χ2n) is 1.59. The lowest BCUT2D eigenvalue weighted by Crippen LogP contribution is -2.21. The van der Waals surface area contributed by atoms with Gasteiger partial charge in [0.15, 0.2) is 0 Å². The van der Waals surface area contributed by atoms with Gasteiger partial charge >= 0.3 is 0 Å². The van der Waals surface area contributed by atoms with Gasteiger partial charge in [0.05, 0.1) is 6.07 Å². The Kier molecular flexibility index (Phi) is 2.94. The van der Waals surface area contributed by atoms with Gasteiger partial charge in [0.25, 0.3) is 0 Å². The standard InChI is InChI=1S/C6H7N3/c1-5(3-7)9-6(2)4-8/h6,9H,1H2,2H3. The Morgan fingerprint density at radius 2 is 2.22 bits per heavy atom. The molecule has 46 valence electrons. The van der Waals surface area contributed by atoms with Crippen LogP contribution in [0.25, 0.3) is 0 Å². The molecule has 0 fully saturated rings. The summed E-state index contributed by atoms with van der Waals surface area (Å²) in [6, 6.07) is 3.34. The van der Waals surface area contributed by atoms with E-state index >= 15 is 0 Å². The van der Waals surface area contributed by atoms with Crippen molar-refractivity contribution < 1.29 is 0 Å². The number of nitrogens with one attached hydrogen (secondary N) is 1. The van der Waals surface area contributed by atoms with E-state index in [0.717, 1.165) is 0 Å². The Morgan fingerprint density at radius 1 is 1.67 bits per heavy atom. The molecular formula is C6H7N3. The average Bonchev–Trinajstić information content (AvgIpc) is 1.87. The van der Waals surface area contributed by atoms with Gasteiger partial charge in [-0.2, -0.15) is 10.5 Å². The third kappa shape index (κ3) is 3.13. The molecule has 0 heterocycles. The Morgan fingerprint density at radius 3 is 2.56 bits per heavy atom. The second-order valence-corrected chi connectivity index (χ2v) is 1.59. The Balaban J connectivity index is 3.67. The van der Waals surface area contributed by atoms with Crippen molar-refractivity contribution in [3.8, 4) is 12.1 Å². The van der Waals surface area contributed by atoms with Crippen LogP contribution < -0.4 is 5.32 Å². The molecule has 1 atom stereocenters. The Hall–Kier alpha value is -1.48. The van der Waals surface area contributed by atoms with Gasteiger partial charge in [-0.15, -0.1) is 0 Å². The zero-order valence-electron chi connectivity index (χ0n) is 5.18. The topological polar surface area (TPSA) is 59.6 Å². The van der Waals surface area contributed by atoms with Gasteiger partial charge in [-0.3, -0.25) is 0 Å². The van der Waals surface area contributed by atoms with Gasteiger partial charge in [0.1, 0.15) is 17.8 Å². The molecule has 0 aliphatic carbocycles. The van der Waals surface area contributed by atoms with E-state index < -0.39 is 0 Å². The first-order valence-corrected chi connectivity index (χ1v) is 2.46. The SMILES string of the molecule is C=C(C#N)NC(C)C#N. The molecule has 0 aromatic rings. The predicted octanol–water partition coefficient (Wildman–Crippen LogP) is 0.525. The van der Waals surface area contributed by atoms with Crippen LogP contribution in [0.5, 0.6) is 0 Å². The number of hydrogen-bond donors (Lipinski definition) is 1. The summed E-state index contributed by atoms with van der Waals surface area (Å²) < 4.78 is 0. The zero-order chi connectivity index (χ0) is 7.28. The maximum Gasteiger partial charge on any atom is 0.116 e. The fraction of sp³-hybridized carbons (Fsp3) is 0.333. The number of allylic oxidation sites excluding steroid dienone is 1. The molecule has 1 unspecified atom stereocenters. The lowest BCUT2D eigenvalue weighted by molar-refractivity contribution is 0.760. The van der Waals surface area contributed by atoms with Gasteiger partial charge in [-0.25, -0.2) is 0 Å². The summed E-state index contributed by atoms with van der Waals surface area (Å²) in [4.78, 5) is 0. The maximum absolute atomic E-state index is 8.22. The monoisotopic (exact) mass is 121 g/mol. The summed E-state index contributed by atoms with van der Waals surface area (Å²) in [7, 11) is 0. The first-order valence-electron chi connectivity index (χ1n) is 2.46. The molecule has 0 amide bonds. The first kappa shape index (κ1) is 7.52. The van der Waals surface area contributed by atoms with Crippen LogP contribution in [0.3, 0.4) is 0 Å². The van der Waals surface area contributed by atoms with Crippen molar-refractivity contribution in [3.05, 3.63) is 12.3 Å². The summed E-state index contributed by atoms with van der Waals surface area (Å²) in [5, 5.41) is 18.9. The van der Waals surface area contributed by atoms with Crippen LogP contribution in [0.2, 0.25) is 0 Å². The molecule has 0 rings (SSSR count). The van der Waals surface area contributed by atoms with Crippen LogP contribution in [0.15, 0.2) is 12.3 Å². The molecule has 0 aromatic carbocycles. The average molecular weight is 121 g/mol. The molecule has 0 spiro atoms. The molecule has 3 heteroatoms. The third-order valence-corrected chi connectivity index (χ3v) is 0.719. The van der Waals surface area contributed by atoms with Gasteiger partial charge in [0.2, 0.25) is 0 Å². The van der Waals surface area contributed by atoms with Gasteiger partial charge < -0.3 is 5.32 Å². The van der Waals surface area contributed by atoms with Crippen molar-refractivity contribution in [1.82, 2.24) is 5.32 Å². The smallest absolute Gasteiger partial charge is 0.116 e. The Bertz CT molecular complexity index is 181. The van der Waals surface area contributed by atoms with E-state index in [0.29, 0.717) is 0 Å². The van der Waals surface area contributed by atoms with E-state index in [9.17, 15) is 0 Å². The van der Waals surface area contributed by atoms with Crippen LogP contribution in [0.4, 0.5) is 0 Å². The van der Waals surface area contributed by atoms with Gasteiger partial charge in [-0.05, 0) is 6.92 Å². The van der Waals surface area contributed by atoms with E-state index in [1.54, 1.807) is 13.0 Å². The van der Waals surface area contributed by atoms with Crippen LogP contribution in [0.1, 0.15) is 6.92 Å². The van der Waals surface area contributed by atoms with Crippen molar-refractivity contribution in [2.45, 2.75) is 13.0 Å². The molecule has 9 heavy (non-hydrogen) atoms. The second kappa shape index (κ2) is 3.51. The van der Waals surface area contributed by atoms with Crippen molar-refractivity contribution in [1.29, 1.82) is 10.5 Å². The van der Waals surface area contributed by atoms with Crippen LogP contribution in [0, 0.1) is 22.7 Å². The van der Waals surface area contributed by atoms with E-state index in [1.807, 2.05) is 6.07 Å². The minimum absolute atomic E-state index is 0.226. The molecule has 0 saturated carbocycles. The summed E-state index contributed by atoms with van der Waals surface area (Å²) >= 11 is 0. The minimum Gasteiger partial charge on any atom is -0.362 e. The molecular weight excluding hydrogens is 114 g/mol. The Labute approximate surface area is 54.2 Å². The van der Waals surface area contributed by atoms with Gasteiger partial charge in [0, 0.05) is 0 Å². The van der Waals surface area contributed by atoms with Crippen molar-refractivity contribution in [2.24, 2.45) is 0 Å². The number of hydrogen-bond acceptors (Lipinski definition) is 3. The highest BCUT2D eigenvalue weighted by Gasteiger charge is 1.96. The lowest BCUT2D eigenvalue weighted by Gasteiger charge is -2.01. The number of nitrogens with zero attached hydrogens (tertiary/aromatic N) is 2. The van der Waals surface area contributed by atoms with E-state index in [1.165, 1.54) is 0 Å². The van der Waals surface area contributed by atoms with Crippen LogP contribution >= 0.6 is 0 Å². The molecule has 0 bridgehead atoms. The van der Waals surface area contributed by atoms with Crippen molar-refractivity contribution in [3.63, 3.8) is 0 Å². The predicted molar refractivity (Wildman–Crippen MR) is 33.0 cm³/mol. The normalized spacial score (nSPS) is 10.6. The highest BCUT2D eigenvalue weighted by molar-refractivity contribution is 5.15. The zero-order valence-corrected chi connectivity index (χ0v) is 5.18. The highest BCUT2D eigenvalue weighted by Crippen LogP contribution is 1.83. The summed E-state index contributed by atoms with van der Waals surface area (Å²) in [5.41, 5.74) is 0.226. The first-order chi connectivity index (χ1) is 4.20. The summed E-state index contributed by atoms with van der Waals surface area (Å²) in [6.45, 7) is 4.99. The number of nitriles is 2. The van der Waals surface area contributed by atoms with E-state index in [4.69, 9.17) is 10.5 Å². The highest BCUT2D eigenvalue weighted by atomic mass is 14.9.